The molecule has 0 aliphatic heterocycles. The van der Waals surface area contributed by atoms with Gasteiger partial charge in [0.2, 0.25) is 0 Å². The summed E-state index contributed by atoms with van der Waals surface area (Å²) in [6, 6.07) is 7.08. The summed E-state index contributed by atoms with van der Waals surface area (Å²) in [7, 11) is 0. The van der Waals surface area contributed by atoms with Gasteiger partial charge in [-0.2, -0.15) is 0 Å². The first-order chi connectivity index (χ1) is 8.47. The number of aryl methyl sites for hydroxylation is 2. The zero-order valence-electron chi connectivity index (χ0n) is 10.00. The van der Waals surface area contributed by atoms with Crippen molar-refractivity contribution in [2.45, 2.75) is 13.8 Å². The number of pyridine rings is 1. The average Bonchev–Trinajstić information content (AvgIpc) is 2.30. The number of carbonyl (C=O) groups is 1. The summed E-state index contributed by atoms with van der Waals surface area (Å²) in [5, 5.41) is 0.244. The maximum atomic E-state index is 13.2. The van der Waals surface area contributed by atoms with Crippen molar-refractivity contribution in [3.8, 4) is 0 Å². The van der Waals surface area contributed by atoms with Crippen molar-refractivity contribution >= 4 is 17.4 Å². The van der Waals surface area contributed by atoms with Gasteiger partial charge in [-0.05, 0) is 44.2 Å². The summed E-state index contributed by atoms with van der Waals surface area (Å²) in [5.41, 5.74) is 2.12. The third-order valence-electron chi connectivity index (χ3n) is 2.52. The van der Waals surface area contributed by atoms with Crippen LogP contribution in [0, 0.1) is 19.7 Å². The SMILES string of the molecule is Cc1cc(C(=O)c2cc(F)ccc2Cl)cc(C)n1. The van der Waals surface area contributed by atoms with Crippen LogP contribution in [-0.4, -0.2) is 10.8 Å². The van der Waals surface area contributed by atoms with Crippen LogP contribution < -0.4 is 0 Å². The second-order valence-electron chi connectivity index (χ2n) is 4.09. The molecule has 2 nitrogen and oxygen atoms in total. The number of rotatable bonds is 2. The lowest BCUT2D eigenvalue weighted by Gasteiger charge is -2.06. The lowest BCUT2D eigenvalue weighted by molar-refractivity contribution is 0.103. The van der Waals surface area contributed by atoms with E-state index in [1.807, 2.05) is 0 Å². The predicted molar refractivity (Wildman–Crippen MR) is 68.6 cm³/mol. The van der Waals surface area contributed by atoms with Gasteiger partial charge in [-0.3, -0.25) is 9.78 Å². The predicted octanol–water partition coefficient (Wildman–Crippen LogP) is 3.72. The average molecular weight is 264 g/mol. The Bertz CT molecular complexity index is 605. The lowest BCUT2D eigenvalue weighted by Crippen LogP contribution is -2.04. The largest absolute Gasteiger partial charge is 0.289 e. The van der Waals surface area contributed by atoms with E-state index >= 15 is 0 Å². The van der Waals surface area contributed by atoms with Crippen LogP contribution in [0.3, 0.4) is 0 Å². The first-order valence-electron chi connectivity index (χ1n) is 5.42. The molecule has 0 unspecified atom stereocenters. The van der Waals surface area contributed by atoms with Crippen LogP contribution in [0.4, 0.5) is 4.39 Å². The van der Waals surface area contributed by atoms with E-state index in [0.29, 0.717) is 5.56 Å². The molecule has 0 spiro atoms. The fraction of sp³-hybridized carbons (Fsp3) is 0.143. The highest BCUT2D eigenvalue weighted by atomic mass is 35.5. The number of aromatic nitrogens is 1. The Labute approximate surface area is 109 Å². The zero-order chi connectivity index (χ0) is 13.3. The summed E-state index contributed by atoms with van der Waals surface area (Å²) in [6.45, 7) is 3.61. The van der Waals surface area contributed by atoms with E-state index in [4.69, 9.17) is 11.6 Å². The van der Waals surface area contributed by atoms with Gasteiger partial charge in [0.05, 0.1) is 5.02 Å². The molecular formula is C14H11ClFNO. The Balaban J connectivity index is 2.51. The van der Waals surface area contributed by atoms with Crippen molar-refractivity contribution < 1.29 is 9.18 Å². The van der Waals surface area contributed by atoms with Gasteiger partial charge in [0.15, 0.2) is 5.78 Å². The Kier molecular flexibility index (Phi) is 3.43. The van der Waals surface area contributed by atoms with Crippen LogP contribution in [0.5, 0.6) is 0 Å². The van der Waals surface area contributed by atoms with Crippen LogP contribution in [0.2, 0.25) is 5.02 Å². The number of nitrogens with zero attached hydrogens (tertiary/aromatic N) is 1. The number of halogens is 2. The molecule has 1 heterocycles. The molecular weight excluding hydrogens is 253 g/mol. The van der Waals surface area contributed by atoms with E-state index in [2.05, 4.69) is 4.98 Å². The molecule has 18 heavy (non-hydrogen) atoms. The molecule has 0 atom stereocenters. The first-order valence-corrected chi connectivity index (χ1v) is 5.80. The van der Waals surface area contributed by atoms with Crippen molar-refractivity contribution in [2.75, 3.05) is 0 Å². The molecule has 0 bridgehead atoms. The summed E-state index contributed by atoms with van der Waals surface area (Å²) in [5.74, 6) is -0.779. The van der Waals surface area contributed by atoms with E-state index in [-0.39, 0.29) is 16.4 Å². The van der Waals surface area contributed by atoms with Crippen molar-refractivity contribution in [3.63, 3.8) is 0 Å². The van der Waals surface area contributed by atoms with Crippen molar-refractivity contribution in [1.82, 2.24) is 4.98 Å². The number of hydrogen-bond donors (Lipinski definition) is 0. The molecule has 1 aromatic carbocycles. The lowest BCUT2D eigenvalue weighted by atomic mass is 10.0. The molecule has 0 amide bonds. The molecule has 0 saturated carbocycles. The molecule has 2 rings (SSSR count). The summed E-state index contributed by atoms with van der Waals surface area (Å²) in [6.07, 6.45) is 0. The maximum Gasteiger partial charge on any atom is 0.194 e. The van der Waals surface area contributed by atoms with Gasteiger partial charge in [0.25, 0.3) is 0 Å². The molecule has 0 saturated heterocycles. The van der Waals surface area contributed by atoms with E-state index in [9.17, 15) is 9.18 Å². The molecule has 0 fully saturated rings. The Hall–Kier alpha value is -1.74. The minimum Gasteiger partial charge on any atom is -0.289 e. The fourth-order valence-corrected chi connectivity index (χ4v) is 2.00. The highest BCUT2D eigenvalue weighted by Crippen LogP contribution is 2.21. The molecule has 92 valence electrons. The van der Waals surface area contributed by atoms with Crippen molar-refractivity contribution in [2.24, 2.45) is 0 Å². The Morgan fingerprint density at radius 2 is 1.78 bits per heavy atom. The first kappa shape index (κ1) is 12.7. The van der Waals surface area contributed by atoms with Gasteiger partial charge >= 0.3 is 0 Å². The third kappa shape index (κ3) is 2.57. The maximum absolute atomic E-state index is 13.2. The zero-order valence-corrected chi connectivity index (χ0v) is 10.8. The summed E-state index contributed by atoms with van der Waals surface area (Å²) in [4.78, 5) is 16.4. The van der Waals surface area contributed by atoms with Gasteiger partial charge < -0.3 is 0 Å². The third-order valence-corrected chi connectivity index (χ3v) is 2.85. The van der Waals surface area contributed by atoms with E-state index < -0.39 is 5.82 Å². The monoisotopic (exact) mass is 263 g/mol. The van der Waals surface area contributed by atoms with E-state index in [0.717, 1.165) is 17.5 Å². The molecule has 0 radical (unpaired) electrons. The number of hydrogen-bond acceptors (Lipinski definition) is 2. The fourth-order valence-electron chi connectivity index (χ4n) is 1.79. The molecule has 0 N–H and O–H groups in total. The van der Waals surface area contributed by atoms with Crippen LogP contribution in [0.25, 0.3) is 0 Å². The summed E-state index contributed by atoms with van der Waals surface area (Å²) >= 11 is 5.92. The second kappa shape index (κ2) is 4.86. The van der Waals surface area contributed by atoms with Gasteiger partial charge in [0, 0.05) is 22.5 Å². The quantitative estimate of drug-likeness (QED) is 0.773. The topological polar surface area (TPSA) is 30.0 Å². The van der Waals surface area contributed by atoms with Gasteiger partial charge in [-0.15, -0.1) is 0 Å². The standard InChI is InChI=1S/C14H11ClFNO/c1-8-5-10(6-9(2)17-8)14(18)12-7-11(16)3-4-13(12)15/h3-7H,1-2H3. The van der Waals surface area contributed by atoms with Gasteiger partial charge in [-0.1, -0.05) is 11.6 Å². The number of ketones is 1. The summed E-state index contributed by atoms with van der Waals surface area (Å²) < 4.78 is 13.2. The highest BCUT2D eigenvalue weighted by Gasteiger charge is 2.14. The van der Waals surface area contributed by atoms with Crippen LogP contribution in [-0.2, 0) is 0 Å². The van der Waals surface area contributed by atoms with Gasteiger partial charge in [-0.25, -0.2) is 4.39 Å². The minimum absolute atomic E-state index is 0.168. The molecule has 0 aliphatic rings. The molecule has 2 aromatic rings. The smallest absolute Gasteiger partial charge is 0.194 e. The van der Waals surface area contributed by atoms with Crippen LogP contribution >= 0.6 is 11.6 Å². The molecule has 4 heteroatoms. The number of benzene rings is 1. The van der Waals surface area contributed by atoms with E-state index in [1.165, 1.54) is 12.1 Å². The van der Waals surface area contributed by atoms with Crippen LogP contribution in [0.1, 0.15) is 27.3 Å². The normalized spacial score (nSPS) is 10.4. The Morgan fingerprint density at radius 3 is 2.39 bits per heavy atom. The molecule has 1 aromatic heterocycles. The Morgan fingerprint density at radius 1 is 1.17 bits per heavy atom. The second-order valence-corrected chi connectivity index (χ2v) is 4.50. The minimum atomic E-state index is -0.481. The van der Waals surface area contributed by atoms with Crippen molar-refractivity contribution in [3.05, 3.63) is 63.7 Å². The molecule has 0 aliphatic carbocycles. The van der Waals surface area contributed by atoms with Crippen LogP contribution in [0.15, 0.2) is 30.3 Å². The van der Waals surface area contributed by atoms with Crippen molar-refractivity contribution in [1.29, 1.82) is 0 Å². The van der Waals surface area contributed by atoms with Gasteiger partial charge in [0.1, 0.15) is 5.82 Å². The van der Waals surface area contributed by atoms with E-state index in [1.54, 1.807) is 26.0 Å². The highest BCUT2D eigenvalue weighted by molar-refractivity contribution is 6.35. The number of carbonyl (C=O) groups excluding carboxylic acids is 1.